The third kappa shape index (κ3) is 3.20. The number of anilines is 3. The van der Waals surface area contributed by atoms with Crippen LogP contribution in [0.1, 0.15) is 11.1 Å². The molecule has 0 unspecified atom stereocenters. The van der Waals surface area contributed by atoms with Gasteiger partial charge in [-0.1, -0.05) is 0 Å². The van der Waals surface area contributed by atoms with Gasteiger partial charge < -0.3 is 19.1 Å². The average molecular weight is 455 g/mol. The molecule has 0 amide bonds. The molecule has 0 aliphatic carbocycles. The van der Waals surface area contributed by atoms with E-state index in [1.165, 1.54) is 0 Å². The Morgan fingerprint density at radius 1 is 1.03 bits per heavy atom. The van der Waals surface area contributed by atoms with Crippen LogP contribution in [0.2, 0.25) is 0 Å². The Balaban J connectivity index is 1.79. The van der Waals surface area contributed by atoms with Crippen LogP contribution in [0.3, 0.4) is 0 Å². The fourth-order valence-corrected chi connectivity index (χ4v) is 4.80. The fraction of sp³-hybridized carbons (Fsp3) is 0.269. The summed E-state index contributed by atoms with van der Waals surface area (Å²) in [6, 6.07) is 14.2. The van der Waals surface area contributed by atoms with Gasteiger partial charge >= 0.3 is 0 Å². The van der Waals surface area contributed by atoms with Crippen molar-refractivity contribution < 1.29 is 4.74 Å². The summed E-state index contributed by atoms with van der Waals surface area (Å²) < 4.78 is 9.05. The van der Waals surface area contributed by atoms with Gasteiger partial charge in [-0.2, -0.15) is 10.4 Å². The smallest absolute Gasteiger partial charge is 0.253 e. The maximum Gasteiger partial charge on any atom is 0.253 e. The minimum absolute atomic E-state index is 0.0296. The molecule has 0 bridgehead atoms. The van der Waals surface area contributed by atoms with E-state index in [9.17, 15) is 10.1 Å². The summed E-state index contributed by atoms with van der Waals surface area (Å²) in [5.41, 5.74) is 6.69. The zero-order valence-corrected chi connectivity index (χ0v) is 20.0. The number of likely N-dealkylation sites (N-methyl/N-ethyl adjacent to an activating group) is 1. The number of rotatable bonds is 3. The lowest BCUT2D eigenvalue weighted by Gasteiger charge is -2.38. The van der Waals surface area contributed by atoms with Gasteiger partial charge in [0.15, 0.2) is 0 Å². The van der Waals surface area contributed by atoms with Crippen molar-refractivity contribution in [2.24, 2.45) is 14.1 Å². The maximum atomic E-state index is 12.6. The molecule has 8 heteroatoms. The summed E-state index contributed by atoms with van der Waals surface area (Å²) in [6.07, 6.45) is 1.74. The maximum absolute atomic E-state index is 12.6. The number of nitriles is 1. The lowest BCUT2D eigenvalue weighted by molar-refractivity contribution is 0.415. The molecule has 2 aromatic heterocycles. The molecule has 0 N–H and O–H groups in total. The van der Waals surface area contributed by atoms with Crippen molar-refractivity contribution in [3.05, 3.63) is 64.1 Å². The molecule has 0 radical (unpaired) electrons. The standard InChI is InChI=1S/C26H26N6O2/c1-16-10-20-22(30(3)26(16)33)12-18(34-5)13-23(20)32-9-8-29(2)24-14-19(17(15-27)11-25(24)32)21-6-7-28-31(21)4/h6-7,10-14H,8-9H2,1-5H3. The van der Waals surface area contributed by atoms with Crippen molar-refractivity contribution >= 4 is 28.0 Å². The number of pyridine rings is 1. The molecule has 34 heavy (non-hydrogen) atoms. The zero-order valence-electron chi connectivity index (χ0n) is 20.0. The van der Waals surface area contributed by atoms with Crippen LogP contribution in [-0.2, 0) is 14.1 Å². The molecule has 0 saturated carbocycles. The van der Waals surface area contributed by atoms with E-state index in [1.807, 2.05) is 44.3 Å². The van der Waals surface area contributed by atoms with Crippen LogP contribution < -0.4 is 20.1 Å². The minimum atomic E-state index is -0.0296. The Kier molecular flexibility index (Phi) is 5.05. The molecule has 5 rings (SSSR count). The first-order valence-corrected chi connectivity index (χ1v) is 11.1. The van der Waals surface area contributed by atoms with Gasteiger partial charge in [-0.05, 0) is 31.2 Å². The molecule has 1 aliphatic heterocycles. The summed E-state index contributed by atoms with van der Waals surface area (Å²) in [4.78, 5) is 17.1. The van der Waals surface area contributed by atoms with E-state index in [-0.39, 0.29) is 5.56 Å². The predicted molar refractivity (Wildman–Crippen MR) is 134 cm³/mol. The van der Waals surface area contributed by atoms with Crippen molar-refractivity contribution in [1.82, 2.24) is 14.3 Å². The van der Waals surface area contributed by atoms with Crippen LogP contribution in [-0.4, -0.2) is 41.6 Å². The lowest BCUT2D eigenvalue weighted by atomic mass is 9.99. The Morgan fingerprint density at radius 2 is 1.82 bits per heavy atom. The molecule has 0 atom stereocenters. The lowest BCUT2D eigenvalue weighted by Crippen LogP contribution is -2.37. The van der Waals surface area contributed by atoms with E-state index in [0.29, 0.717) is 16.9 Å². The number of benzene rings is 2. The Bertz CT molecular complexity index is 1540. The highest BCUT2D eigenvalue weighted by molar-refractivity contribution is 5.98. The van der Waals surface area contributed by atoms with Gasteiger partial charge in [0.1, 0.15) is 5.75 Å². The number of fused-ring (bicyclic) bond motifs is 2. The summed E-state index contributed by atoms with van der Waals surface area (Å²) >= 11 is 0. The molecule has 4 aromatic rings. The van der Waals surface area contributed by atoms with Gasteiger partial charge in [0.25, 0.3) is 5.56 Å². The highest BCUT2D eigenvalue weighted by Crippen LogP contribution is 2.44. The van der Waals surface area contributed by atoms with E-state index in [1.54, 1.807) is 29.6 Å². The quantitative estimate of drug-likeness (QED) is 0.470. The minimum Gasteiger partial charge on any atom is -0.497 e. The fourth-order valence-electron chi connectivity index (χ4n) is 4.80. The molecular weight excluding hydrogens is 428 g/mol. The van der Waals surface area contributed by atoms with Crippen LogP contribution in [0.25, 0.3) is 22.2 Å². The van der Waals surface area contributed by atoms with Crippen LogP contribution in [0.5, 0.6) is 5.75 Å². The molecule has 0 spiro atoms. The third-order valence-corrected chi connectivity index (χ3v) is 6.69. The van der Waals surface area contributed by atoms with E-state index < -0.39 is 0 Å². The van der Waals surface area contributed by atoms with Gasteiger partial charge in [0.05, 0.1) is 47.0 Å². The van der Waals surface area contributed by atoms with Gasteiger partial charge in [-0.3, -0.25) is 9.48 Å². The Labute approximate surface area is 197 Å². The van der Waals surface area contributed by atoms with Gasteiger partial charge in [0, 0.05) is 69.1 Å². The predicted octanol–water partition coefficient (Wildman–Crippen LogP) is 3.72. The molecule has 8 nitrogen and oxygen atoms in total. The summed E-state index contributed by atoms with van der Waals surface area (Å²) in [5.74, 6) is 0.675. The van der Waals surface area contributed by atoms with Gasteiger partial charge in [-0.15, -0.1) is 0 Å². The van der Waals surface area contributed by atoms with E-state index in [4.69, 9.17) is 4.74 Å². The van der Waals surface area contributed by atoms with Crippen molar-refractivity contribution in [2.75, 3.05) is 37.0 Å². The molecule has 1 aliphatic rings. The van der Waals surface area contributed by atoms with E-state index in [2.05, 4.69) is 34.1 Å². The van der Waals surface area contributed by atoms with Crippen molar-refractivity contribution in [1.29, 1.82) is 5.26 Å². The van der Waals surface area contributed by atoms with Crippen molar-refractivity contribution in [3.63, 3.8) is 0 Å². The Morgan fingerprint density at radius 3 is 2.50 bits per heavy atom. The molecule has 0 saturated heterocycles. The zero-order chi connectivity index (χ0) is 24.1. The summed E-state index contributed by atoms with van der Waals surface area (Å²) in [5, 5.41) is 15.3. The number of nitrogens with zero attached hydrogens (tertiary/aromatic N) is 6. The molecular formula is C26H26N6O2. The molecule has 0 fully saturated rings. The third-order valence-electron chi connectivity index (χ3n) is 6.69. The van der Waals surface area contributed by atoms with E-state index in [0.717, 1.165) is 52.3 Å². The number of methoxy groups -OCH3 is 1. The number of hydrogen-bond acceptors (Lipinski definition) is 6. The van der Waals surface area contributed by atoms with Crippen molar-refractivity contribution in [3.8, 4) is 23.1 Å². The second-order valence-corrected chi connectivity index (χ2v) is 8.68. The molecule has 172 valence electrons. The average Bonchev–Trinajstić information content (AvgIpc) is 3.27. The second kappa shape index (κ2) is 7.96. The number of hydrogen-bond donors (Lipinski definition) is 0. The summed E-state index contributed by atoms with van der Waals surface area (Å²) in [7, 11) is 7.35. The van der Waals surface area contributed by atoms with Gasteiger partial charge in [0.2, 0.25) is 0 Å². The largest absolute Gasteiger partial charge is 0.497 e. The second-order valence-electron chi connectivity index (χ2n) is 8.68. The number of aromatic nitrogens is 3. The number of aryl methyl sites for hydroxylation is 3. The van der Waals surface area contributed by atoms with Crippen LogP contribution >= 0.6 is 0 Å². The molecule has 2 aromatic carbocycles. The Hall–Kier alpha value is -4.25. The monoisotopic (exact) mass is 454 g/mol. The van der Waals surface area contributed by atoms with E-state index >= 15 is 0 Å². The van der Waals surface area contributed by atoms with Crippen LogP contribution in [0.4, 0.5) is 17.1 Å². The highest BCUT2D eigenvalue weighted by atomic mass is 16.5. The van der Waals surface area contributed by atoms with Crippen LogP contribution in [0.15, 0.2) is 47.4 Å². The highest BCUT2D eigenvalue weighted by Gasteiger charge is 2.27. The molecule has 3 heterocycles. The van der Waals surface area contributed by atoms with Crippen molar-refractivity contribution in [2.45, 2.75) is 6.92 Å². The SMILES string of the molecule is COc1cc(N2CCN(C)c3cc(-c4ccnn4C)c(C#N)cc32)c2cc(C)c(=O)n(C)c2c1. The first-order valence-electron chi connectivity index (χ1n) is 11.1. The normalized spacial score (nSPS) is 13.2. The van der Waals surface area contributed by atoms with Crippen LogP contribution in [0, 0.1) is 18.3 Å². The first-order chi connectivity index (χ1) is 16.3. The topological polar surface area (TPSA) is 79.3 Å². The van der Waals surface area contributed by atoms with Gasteiger partial charge in [-0.25, -0.2) is 0 Å². The summed E-state index contributed by atoms with van der Waals surface area (Å²) in [6.45, 7) is 3.36. The first kappa shape index (κ1) is 21.6. The number of ether oxygens (including phenoxy) is 1.